The lowest BCUT2D eigenvalue weighted by molar-refractivity contribution is -0.116. The third kappa shape index (κ3) is 6.32. The van der Waals surface area contributed by atoms with Crippen LogP contribution in [-0.2, 0) is 11.3 Å². The summed E-state index contributed by atoms with van der Waals surface area (Å²) in [5, 5.41) is 11.9. The lowest BCUT2D eigenvalue weighted by Gasteiger charge is -2.21. The maximum absolute atomic E-state index is 13.9. The molecule has 0 unspecified atom stereocenters. The molecule has 0 heterocycles. The molecule has 2 aromatic carbocycles. The summed E-state index contributed by atoms with van der Waals surface area (Å²) in [6.07, 6.45) is 0.0672. The smallest absolute Gasteiger partial charge is 0.225 e. The number of benzene rings is 2. The summed E-state index contributed by atoms with van der Waals surface area (Å²) in [5.41, 5.74) is 0.503. The molecule has 2 aromatic rings. The molecule has 8 heteroatoms. The molecule has 1 amide bonds. The number of anilines is 1. The molecule has 0 spiro atoms. The molecule has 0 aliphatic carbocycles. The Hall–Kier alpha value is -1.54. The number of nitrogens with zero attached hydrogens (tertiary/aromatic N) is 1. The zero-order valence-corrected chi connectivity index (χ0v) is 16.2. The number of aliphatic hydroxyl groups excluding tert-OH is 1. The van der Waals surface area contributed by atoms with Crippen molar-refractivity contribution in [2.45, 2.75) is 13.0 Å². The lowest BCUT2D eigenvalue weighted by atomic mass is 10.2. The van der Waals surface area contributed by atoms with E-state index in [0.29, 0.717) is 5.56 Å². The molecule has 26 heavy (non-hydrogen) atoms. The van der Waals surface area contributed by atoms with Crippen LogP contribution in [0.4, 0.5) is 14.5 Å². The zero-order chi connectivity index (χ0) is 19.1. The van der Waals surface area contributed by atoms with E-state index in [-0.39, 0.29) is 55.1 Å². The second-order valence-electron chi connectivity index (χ2n) is 5.66. The quantitative estimate of drug-likeness (QED) is 0.638. The number of halogens is 4. The van der Waals surface area contributed by atoms with E-state index in [2.05, 4.69) is 21.2 Å². The molecule has 0 bridgehead atoms. The molecule has 0 aliphatic rings. The molecule has 0 aromatic heterocycles. The average molecular weight is 448 g/mol. The van der Waals surface area contributed by atoms with E-state index in [9.17, 15) is 18.7 Å². The fraction of sp³-hybridized carbons (Fsp3) is 0.278. The van der Waals surface area contributed by atoms with Gasteiger partial charge in [0, 0.05) is 41.1 Å². The first-order valence-electron chi connectivity index (χ1n) is 7.91. The molecule has 0 fully saturated rings. The van der Waals surface area contributed by atoms with Gasteiger partial charge in [0.2, 0.25) is 5.91 Å². The minimum atomic E-state index is -0.616. The second-order valence-corrected chi connectivity index (χ2v) is 7.01. The number of hydrogen-bond donors (Lipinski definition) is 2. The fourth-order valence-corrected chi connectivity index (χ4v) is 2.95. The molecule has 0 saturated carbocycles. The third-order valence-electron chi connectivity index (χ3n) is 3.68. The van der Waals surface area contributed by atoms with Crippen molar-refractivity contribution in [3.63, 3.8) is 0 Å². The number of hydrogen-bond acceptors (Lipinski definition) is 3. The van der Waals surface area contributed by atoms with E-state index >= 15 is 0 Å². The van der Waals surface area contributed by atoms with E-state index in [1.807, 2.05) is 0 Å². The van der Waals surface area contributed by atoms with Crippen LogP contribution >= 0.6 is 27.5 Å². The molecule has 140 valence electrons. The highest BCUT2D eigenvalue weighted by atomic mass is 79.9. The molecule has 0 aliphatic heterocycles. The maximum atomic E-state index is 13.9. The molecular formula is C18H18BrClF2N2O2. The summed E-state index contributed by atoms with van der Waals surface area (Å²) in [7, 11) is 0. The summed E-state index contributed by atoms with van der Waals surface area (Å²) in [6, 6.07) is 8.59. The molecular weight excluding hydrogens is 430 g/mol. The van der Waals surface area contributed by atoms with Crippen LogP contribution in [0.2, 0.25) is 5.02 Å². The Morgan fingerprint density at radius 3 is 2.62 bits per heavy atom. The van der Waals surface area contributed by atoms with Crippen molar-refractivity contribution >= 4 is 39.1 Å². The Morgan fingerprint density at radius 2 is 1.92 bits per heavy atom. The number of rotatable bonds is 8. The van der Waals surface area contributed by atoms with Gasteiger partial charge < -0.3 is 10.4 Å². The van der Waals surface area contributed by atoms with Crippen LogP contribution in [0.5, 0.6) is 0 Å². The summed E-state index contributed by atoms with van der Waals surface area (Å²) in [6.45, 7) is 0.694. The van der Waals surface area contributed by atoms with Gasteiger partial charge >= 0.3 is 0 Å². The highest BCUT2D eigenvalue weighted by Gasteiger charge is 2.13. The zero-order valence-electron chi connectivity index (χ0n) is 13.8. The molecule has 0 atom stereocenters. The van der Waals surface area contributed by atoms with E-state index < -0.39 is 5.82 Å². The van der Waals surface area contributed by atoms with Crippen LogP contribution < -0.4 is 5.32 Å². The number of carbonyl (C=O) groups is 1. The Bertz CT molecular complexity index is 777. The standard InChI is InChI=1S/C18H18BrClF2N2O2/c19-13-1-3-15(21)12(9-13)11-24(7-8-25)6-5-18(26)23-17-4-2-14(20)10-16(17)22/h1-4,9-10,25H,5-8,11H2,(H,23,26). The van der Waals surface area contributed by atoms with Gasteiger partial charge in [-0.3, -0.25) is 9.69 Å². The summed E-state index contributed by atoms with van der Waals surface area (Å²) >= 11 is 8.97. The van der Waals surface area contributed by atoms with Crippen molar-refractivity contribution in [1.82, 2.24) is 4.90 Å². The van der Waals surface area contributed by atoms with Crippen molar-refractivity contribution in [2.24, 2.45) is 0 Å². The van der Waals surface area contributed by atoms with Crippen LogP contribution in [0, 0.1) is 11.6 Å². The SMILES string of the molecule is O=C(CCN(CCO)Cc1cc(Br)ccc1F)Nc1ccc(Cl)cc1F. The first kappa shape index (κ1) is 20.8. The van der Waals surface area contributed by atoms with Crippen LogP contribution in [0.25, 0.3) is 0 Å². The summed E-state index contributed by atoms with van der Waals surface area (Å²) in [5.74, 6) is -1.36. The van der Waals surface area contributed by atoms with Gasteiger partial charge in [0.05, 0.1) is 12.3 Å². The predicted molar refractivity (Wildman–Crippen MR) is 101 cm³/mol. The van der Waals surface area contributed by atoms with Gasteiger partial charge in [-0.15, -0.1) is 0 Å². The Balaban J connectivity index is 1.94. The van der Waals surface area contributed by atoms with Crippen molar-refractivity contribution in [2.75, 3.05) is 25.0 Å². The average Bonchev–Trinajstić information content (AvgIpc) is 2.58. The van der Waals surface area contributed by atoms with Gasteiger partial charge in [-0.1, -0.05) is 27.5 Å². The summed E-state index contributed by atoms with van der Waals surface area (Å²) in [4.78, 5) is 13.8. The normalized spacial score (nSPS) is 11.0. The first-order chi connectivity index (χ1) is 12.4. The lowest BCUT2D eigenvalue weighted by Crippen LogP contribution is -2.30. The first-order valence-corrected chi connectivity index (χ1v) is 9.08. The third-order valence-corrected chi connectivity index (χ3v) is 4.41. The monoisotopic (exact) mass is 446 g/mol. The number of amides is 1. The molecule has 0 saturated heterocycles. The molecule has 2 N–H and O–H groups in total. The van der Waals surface area contributed by atoms with E-state index in [0.717, 1.165) is 10.5 Å². The van der Waals surface area contributed by atoms with E-state index in [1.165, 1.54) is 18.2 Å². The van der Waals surface area contributed by atoms with Gasteiger partial charge in [-0.2, -0.15) is 0 Å². The predicted octanol–water partition coefficient (Wildman–Crippen LogP) is 4.20. The van der Waals surface area contributed by atoms with Crippen LogP contribution in [-0.4, -0.2) is 35.6 Å². The van der Waals surface area contributed by atoms with Crippen molar-refractivity contribution in [1.29, 1.82) is 0 Å². The maximum Gasteiger partial charge on any atom is 0.225 e. The Morgan fingerprint density at radius 1 is 1.15 bits per heavy atom. The molecule has 4 nitrogen and oxygen atoms in total. The number of aliphatic hydroxyl groups is 1. The van der Waals surface area contributed by atoms with Gasteiger partial charge in [0.1, 0.15) is 11.6 Å². The highest BCUT2D eigenvalue weighted by molar-refractivity contribution is 9.10. The second kappa shape index (κ2) is 9.97. The van der Waals surface area contributed by atoms with Gasteiger partial charge in [-0.25, -0.2) is 8.78 Å². The van der Waals surface area contributed by atoms with Crippen LogP contribution in [0.15, 0.2) is 40.9 Å². The minimum absolute atomic E-state index is 0.0474. The van der Waals surface area contributed by atoms with E-state index in [1.54, 1.807) is 17.0 Å². The van der Waals surface area contributed by atoms with Crippen LogP contribution in [0.3, 0.4) is 0 Å². The molecule has 0 radical (unpaired) electrons. The number of nitrogens with one attached hydrogen (secondary N) is 1. The topological polar surface area (TPSA) is 52.6 Å². The van der Waals surface area contributed by atoms with Crippen molar-refractivity contribution in [3.8, 4) is 0 Å². The summed E-state index contributed by atoms with van der Waals surface area (Å²) < 4.78 is 28.3. The largest absolute Gasteiger partial charge is 0.395 e. The highest BCUT2D eigenvalue weighted by Crippen LogP contribution is 2.20. The fourth-order valence-electron chi connectivity index (χ4n) is 2.38. The van der Waals surface area contributed by atoms with Crippen molar-refractivity contribution in [3.05, 3.63) is 63.1 Å². The Labute approximate surface area is 163 Å². The van der Waals surface area contributed by atoms with Crippen molar-refractivity contribution < 1.29 is 18.7 Å². The van der Waals surface area contributed by atoms with Gasteiger partial charge in [0.25, 0.3) is 0 Å². The van der Waals surface area contributed by atoms with Gasteiger partial charge in [0.15, 0.2) is 0 Å². The molecule has 2 rings (SSSR count). The van der Waals surface area contributed by atoms with E-state index in [4.69, 9.17) is 11.6 Å². The Kier molecular flexibility index (Phi) is 7.96. The van der Waals surface area contributed by atoms with Gasteiger partial charge in [-0.05, 0) is 36.4 Å². The van der Waals surface area contributed by atoms with Crippen LogP contribution in [0.1, 0.15) is 12.0 Å². The minimum Gasteiger partial charge on any atom is -0.395 e. The number of carbonyl (C=O) groups excluding carboxylic acids is 1.